The van der Waals surface area contributed by atoms with Crippen LogP contribution < -0.4 is 10.2 Å². The first-order valence-electron chi connectivity index (χ1n) is 9.05. The Morgan fingerprint density at radius 1 is 1.10 bits per heavy atom. The molecule has 3 aromatic rings. The van der Waals surface area contributed by atoms with Gasteiger partial charge in [0.1, 0.15) is 5.82 Å². The largest absolute Gasteiger partial charge is 0.378 e. The Kier molecular flexibility index (Phi) is 5.74. The van der Waals surface area contributed by atoms with Gasteiger partial charge in [-0.25, -0.2) is 13.1 Å². The predicted molar refractivity (Wildman–Crippen MR) is 114 cm³/mol. The Bertz CT molecular complexity index is 1130. The molecule has 0 radical (unpaired) electrons. The lowest BCUT2D eigenvalue weighted by atomic mass is 10.1. The molecule has 0 spiro atoms. The number of nitrogens with zero attached hydrogens (tertiary/aromatic N) is 3. The van der Waals surface area contributed by atoms with Gasteiger partial charge in [-0.1, -0.05) is 18.2 Å². The highest BCUT2D eigenvalue weighted by atomic mass is 32.2. The van der Waals surface area contributed by atoms with Crippen molar-refractivity contribution in [3.8, 4) is 0 Å². The van der Waals surface area contributed by atoms with Crippen molar-refractivity contribution in [2.45, 2.75) is 18.4 Å². The summed E-state index contributed by atoms with van der Waals surface area (Å²) in [5, 5.41) is 7.13. The second kappa shape index (κ2) is 8.08. The topological polar surface area (TPSA) is 84.3 Å². The number of carbonyl (C=O) groups excluding carboxylic acids is 1. The summed E-state index contributed by atoms with van der Waals surface area (Å²) in [6.45, 7) is 2.27. The number of rotatable bonds is 6. The molecule has 0 saturated carbocycles. The normalized spacial score (nSPS) is 11.3. The van der Waals surface area contributed by atoms with Gasteiger partial charge in [0.2, 0.25) is 0 Å². The van der Waals surface area contributed by atoms with Gasteiger partial charge in [-0.15, -0.1) is 0 Å². The van der Waals surface area contributed by atoms with Gasteiger partial charge < -0.3 is 10.2 Å². The molecule has 0 fully saturated rings. The van der Waals surface area contributed by atoms with E-state index in [9.17, 15) is 13.2 Å². The van der Waals surface area contributed by atoms with Crippen LogP contribution in [0.2, 0.25) is 0 Å². The minimum Gasteiger partial charge on any atom is -0.378 e. The van der Waals surface area contributed by atoms with E-state index in [1.54, 1.807) is 29.9 Å². The number of aromatic nitrogens is 2. The Morgan fingerprint density at radius 3 is 2.41 bits per heavy atom. The van der Waals surface area contributed by atoms with E-state index in [-0.39, 0.29) is 10.8 Å². The van der Waals surface area contributed by atoms with Crippen LogP contribution in [0.5, 0.6) is 0 Å². The molecule has 1 amide bonds. The van der Waals surface area contributed by atoms with Crippen LogP contribution in [0.25, 0.3) is 0 Å². The zero-order chi connectivity index (χ0) is 21.2. The summed E-state index contributed by atoms with van der Waals surface area (Å²) in [4.78, 5) is 14.9. The first-order valence-corrected chi connectivity index (χ1v) is 10.9. The summed E-state index contributed by atoms with van der Waals surface area (Å²) >= 11 is 0. The lowest BCUT2D eigenvalue weighted by Crippen LogP contribution is -2.18. The van der Waals surface area contributed by atoms with Crippen LogP contribution in [0.3, 0.4) is 0 Å². The number of hydrogen-bond donors (Lipinski definition) is 1. The highest BCUT2D eigenvalue weighted by molar-refractivity contribution is 7.90. The van der Waals surface area contributed by atoms with E-state index in [1.807, 2.05) is 43.3 Å². The molecule has 2 aromatic carbocycles. The highest BCUT2D eigenvalue weighted by Gasteiger charge is 2.16. The standard InChI is InChI=1S/C21H24N4O3S/c1-15-5-10-18(29(4,27)28)13-19(15)21(26)23-20-11-12-22-25(20)14-16-6-8-17(9-7-16)24(2)3/h5-13H,14H2,1-4H3,(H,23,26). The zero-order valence-electron chi connectivity index (χ0n) is 16.9. The number of aryl methyl sites for hydroxylation is 1. The van der Waals surface area contributed by atoms with E-state index in [0.717, 1.165) is 17.5 Å². The second-order valence-corrected chi connectivity index (χ2v) is 9.15. The quantitative estimate of drug-likeness (QED) is 0.673. The fraction of sp³-hybridized carbons (Fsp3) is 0.238. The summed E-state index contributed by atoms with van der Waals surface area (Å²) in [7, 11) is 0.569. The number of amides is 1. The first kappa shape index (κ1) is 20.6. The Balaban J connectivity index is 1.80. The third kappa shape index (κ3) is 4.83. The monoisotopic (exact) mass is 412 g/mol. The van der Waals surface area contributed by atoms with Crippen molar-refractivity contribution in [3.05, 3.63) is 71.4 Å². The Morgan fingerprint density at radius 2 is 1.79 bits per heavy atom. The van der Waals surface area contributed by atoms with Gasteiger partial charge in [0.05, 0.1) is 17.6 Å². The molecule has 0 atom stereocenters. The fourth-order valence-corrected chi connectivity index (χ4v) is 3.54. The number of sulfone groups is 1. The summed E-state index contributed by atoms with van der Waals surface area (Å²) in [6.07, 6.45) is 2.74. The Labute approximate surface area is 170 Å². The predicted octanol–water partition coefficient (Wildman–Crippen LogP) is 2.96. The Hall–Kier alpha value is -3.13. The van der Waals surface area contributed by atoms with Crippen molar-refractivity contribution in [3.63, 3.8) is 0 Å². The molecule has 29 heavy (non-hydrogen) atoms. The maximum atomic E-state index is 12.8. The zero-order valence-corrected chi connectivity index (χ0v) is 17.7. The van der Waals surface area contributed by atoms with Gasteiger partial charge in [0.15, 0.2) is 9.84 Å². The van der Waals surface area contributed by atoms with E-state index in [0.29, 0.717) is 23.5 Å². The van der Waals surface area contributed by atoms with Gasteiger partial charge in [-0.05, 0) is 42.3 Å². The minimum atomic E-state index is -3.40. The van der Waals surface area contributed by atoms with E-state index in [2.05, 4.69) is 10.4 Å². The molecule has 1 aromatic heterocycles. The maximum Gasteiger partial charge on any atom is 0.257 e. The highest BCUT2D eigenvalue weighted by Crippen LogP contribution is 2.19. The summed E-state index contributed by atoms with van der Waals surface area (Å²) < 4.78 is 25.3. The molecule has 1 N–H and O–H groups in total. The number of hydrogen-bond acceptors (Lipinski definition) is 5. The molecule has 3 rings (SSSR count). The van der Waals surface area contributed by atoms with Crippen LogP contribution in [-0.4, -0.2) is 44.5 Å². The smallest absolute Gasteiger partial charge is 0.257 e. The van der Waals surface area contributed by atoms with Crippen LogP contribution >= 0.6 is 0 Å². The molecule has 0 bridgehead atoms. The van der Waals surface area contributed by atoms with Gasteiger partial charge in [0.25, 0.3) is 5.91 Å². The van der Waals surface area contributed by atoms with Crippen LogP contribution in [0.4, 0.5) is 11.5 Å². The fourth-order valence-electron chi connectivity index (χ4n) is 2.90. The van der Waals surface area contributed by atoms with Crippen molar-refractivity contribution in [1.82, 2.24) is 9.78 Å². The van der Waals surface area contributed by atoms with Crippen LogP contribution in [-0.2, 0) is 16.4 Å². The summed E-state index contributed by atoms with van der Waals surface area (Å²) in [5.74, 6) is 0.161. The van der Waals surface area contributed by atoms with Crippen molar-refractivity contribution in [1.29, 1.82) is 0 Å². The number of anilines is 2. The van der Waals surface area contributed by atoms with Crippen LogP contribution in [0, 0.1) is 6.92 Å². The molecule has 0 aliphatic heterocycles. The minimum absolute atomic E-state index is 0.114. The van der Waals surface area contributed by atoms with Gasteiger partial charge >= 0.3 is 0 Å². The summed E-state index contributed by atoms with van der Waals surface area (Å²) in [5.41, 5.74) is 3.16. The van der Waals surface area contributed by atoms with Gasteiger partial charge in [-0.2, -0.15) is 5.10 Å². The van der Waals surface area contributed by atoms with Gasteiger partial charge in [-0.3, -0.25) is 4.79 Å². The molecule has 0 saturated heterocycles. The average Bonchev–Trinajstić information content (AvgIpc) is 3.08. The lowest BCUT2D eigenvalue weighted by Gasteiger charge is -2.14. The summed E-state index contributed by atoms with van der Waals surface area (Å²) in [6, 6.07) is 14.3. The SMILES string of the molecule is Cc1ccc(S(C)(=O)=O)cc1C(=O)Nc1ccnn1Cc1ccc(N(C)C)cc1. The molecule has 7 nitrogen and oxygen atoms in total. The lowest BCUT2D eigenvalue weighted by molar-refractivity contribution is 0.102. The van der Waals surface area contributed by atoms with E-state index >= 15 is 0 Å². The van der Waals surface area contributed by atoms with Crippen molar-refractivity contribution in [2.75, 3.05) is 30.6 Å². The maximum absolute atomic E-state index is 12.8. The van der Waals surface area contributed by atoms with E-state index < -0.39 is 9.84 Å². The molecule has 1 heterocycles. The molecule has 152 valence electrons. The average molecular weight is 413 g/mol. The first-order chi connectivity index (χ1) is 13.6. The van der Waals surface area contributed by atoms with Crippen molar-refractivity contribution >= 4 is 27.2 Å². The number of carbonyl (C=O) groups is 1. The third-order valence-electron chi connectivity index (χ3n) is 4.63. The molecule has 0 aliphatic rings. The molecule has 8 heteroatoms. The number of benzene rings is 2. The van der Waals surface area contributed by atoms with Crippen LogP contribution in [0.15, 0.2) is 59.6 Å². The second-order valence-electron chi connectivity index (χ2n) is 7.14. The van der Waals surface area contributed by atoms with Crippen LogP contribution in [0.1, 0.15) is 21.5 Å². The van der Waals surface area contributed by atoms with E-state index in [4.69, 9.17) is 0 Å². The number of nitrogens with one attached hydrogen (secondary N) is 1. The van der Waals surface area contributed by atoms with E-state index in [1.165, 1.54) is 12.1 Å². The molecule has 0 unspecified atom stereocenters. The molecule has 0 aliphatic carbocycles. The van der Waals surface area contributed by atoms with Crippen molar-refractivity contribution in [2.24, 2.45) is 0 Å². The van der Waals surface area contributed by atoms with Gasteiger partial charge in [0, 0.05) is 37.7 Å². The molecular formula is C21H24N4O3S. The molecular weight excluding hydrogens is 388 g/mol. The van der Waals surface area contributed by atoms with Crippen molar-refractivity contribution < 1.29 is 13.2 Å². The third-order valence-corrected chi connectivity index (χ3v) is 5.74.